The molecule has 1 saturated heterocycles. The van der Waals surface area contributed by atoms with Crippen molar-refractivity contribution in [2.24, 2.45) is 5.92 Å². The molecule has 1 fully saturated rings. The van der Waals surface area contributed by atoms with Crippen LogP contribution in [0.5, 0.6) is 11.5 Å². The molecule has 0 N–H and O–H groups in total. The van der Waals surface area contributed by atoms with Gasteiger partial charge in [-0.3, -0.25) is 4.79 Å². The summed E-state index contributed by atoms with van der Waals surface area (Å²) in [4.78, 5) is 14.8. The predicted octanol–water partition coefficient (Wildman–Crippen LogP) is 4.76. The Bertz CT molecular complexity index is 787. The number of aryl methyl sites for hydroxylation is 2. The summed E-state index contributed by atoms with van der Waals surface area (Å²) in [6.07, 6.45) is 2.15. The van der Waals surface area contributed by atoms with Crippen molar-refractivity contribution in [3.8, 4) is 11.5 Å². The summed E-state index contributed by atoms with van der Waals surface area (Å²) in [6, 6.07) is 11.8. The Morgan fingerprint density at radius 3 is 2.37 bits per heavy atom. The summed E-state index contributed by atoms with van der Waals surface area (Å²) >= 11 is 0. The van der Waals surface area contributed by atoms with Crippen LogP contribution < -0.4 is 9.47 Å². The van der Waals surface area contributed by atoms with Crippen molar-refractivity contribution in [1.82, 2.24) is 4.90 Å². The normalized spacial score (nSPS) is 14.9. The van der Waals surface area contributed by atoms with Gasteiger partial charge >= 0.3 is 0 Å². The molecule has 1 amide bonds. The van der Waals surface area contributed by atoms with Crippen LogP contribution in [0.4, 0.5) is 0 Å². The van der Waals surface area contributed by atoms with Gasteiger partial charge in [0.05, 0.1) is 7.11 Å². The van der Waals surface area contributed by atoms with Gasteiger partial charge in [-0.1, -0.05) is 13.0 Å². The highest BCUT2D eigenvalue weighted by Crippen LogP contribution is 2.25. The van der Waals surface area contributed by atoms with Crippen LogP contribution in [0.3, 0.4) is 0 Å². The Morgan fingerprint density at radius 2 is 1.74 bits per heavy atom. The summed E-state index contributed by atoms with van der Waals surface area (Å²) in [5, 5.41) is 0. The molecule has 1 aliphatic rings. The number of methoxy groups -OCH3 is 1. The lowest BCUT2D eigenvalue weighted by Gasteiger charge is -2.30. The number of hydrogen-bond acceptors (Lipinski definition) is 3. The topological polar surface area (TPSA) is 38.8 Å². The molecule has 0 spiro atoms. The largest absolute Gasteiger partial charge is 0.496 e. The number of ether oxygens (including phenoxy) is 2. The molecule has 4 heteroatoms. The van der Waals surface area contributed by atoms with Gasteiger partial charge in [0, 0.05) is 24.2 Å². The van der Waals surface area contributed by atoms with Gasteiger partial charge in [0.2, 0.25) is 0 Å². The molecule has 0 aromatic heterocycles. The summed E-state index contributed by atoms with van der Waals surface area (Å²) in [5.41, 5.74) is 3.91. The fraction of sp³-hybridized carbons (Fsp3) is 0.435. The molecule has 0 atom stereocenters. The van der Waals surface area contributed by atoms with Gasteiger partial charge in [-0.2, -0.15) is 0 Å². The van der Waals surface area contributed by atoms with E-state index in [9.17, 15) is 4.79 Å². The molecule has 0 saturated carbocycles. The first-order chi connectivity index (χ1) is 13.0. The standard InChI is InChI=1S/C23H29NO3/c1-16-7-9-24(10-8-16)23(25)19-5-6-22(26-4)20(14-19)15-27-21-12-17(2)11-18(3)13-21/h5-6,11-14,16H,7-10,15H2,1-4H3. The number of rotatable bonds is 5. The molecule has 4 nitrogen and oxygen atoms in total. The van der Waals surface area contributed by atoms with E-state index in [1.165, 1.54) is 11.1 Å². The quantitative estimate of drug-likeness (QED) is 0.764. The predicted molar refractivity (Wildman–Crippen MR) is 108 cm³/mol. The van der Waals surface area contributed by atoms with E-state index in [2.05, 4.69) is 26.8 Å². The minimum Gasteiger partial charge on any atom is -0.496 e. The number of likely N-dealkylation sites (tertiary alicyclic amines) is 1. The molecule has 2 aromatic rings. The van der Waals surface area contributed by atoms with Gasteiger partial charge in [-0.25, -0.2) is 0 Å². The number of nitrogens with zero attached hydrogens (tertiary/aromatic N) is 1. The lowest BCUT2D eigenvalue weighted by molar-refractivity contribution is 0.0697. The number of carbonyl (C=O) groups is 1. The molecular weight excluding hydrogens is 338 g/mol. The second-order valence-electron chi connectivity index (χ2n) is 7.61. The highest BCUT2D eigenvalue weighted by Gasteiger charge is 2.22. The van der Waals surface area contributed by atoms with Crippen molar-refractivity contribution in [2.75, 3.05) is 20.2 Å². The molecule has 3 rings (SSSR count). The summed E-state index contributed by atoms with van der Waals surface area (Å²) in [7, 11) is 1.64. The third-order valence-electron chi connectivity index (χ3n) is 5.19. The monoisotopic (exact) mass is 367 g/mol. The minimum absolute atomic E-state index is 0.0946. The Kier molecular flexibility index (Phi) is 6.04. The van der Waals surface area contributed by atoms with E-state index >= 15 is 0 Å². The lowest BCUT2D eigenvalue weighted by atomic mass is 9.98. The van der Waals surface area contributed by atoms with Crippen molar-refractivity contribution < 1.29 is 14.3 Å². The highest BCUT2D eigenvalue weighted by atomic mass is 16.5. The molecule has 144 valence electrons. The van der Waals surface area contributed by atoms with Crippen molar-refractivity contribution in [3.63, 3.8) is 0 Å². The zero-order valence-electron chi connectivity index (χ0n) is 16.7. The van der Waals surface area contributed by atoms with Gasteiger partial charge < -0.3 is 14.4 Å². The first kappa shape index (κ1) is 19.3. The average Bonchev–Trinajstić information content (AvgIpc) is 2.65. The third kappa shape index (κ3) is 4.82. The Hall–Kier alpha value is -2.49. The van der Waals surface area contributed by atoms with E-state index in [0.29, 0.717) is 18.1 Å². The van der Waals surface area contributed by atoms with Crippen molar-refractivity contribution >= 4 is 5.91 Å². The summed E-state index contributed by atoms with van der Waals surface area (Å²) in [6.45, 7) is 8.39. The summed E-state index contributed by atoms with van der Waals surface area (Å²) in [5.74, 6) is 2.36. The Labute approximate surface area is 162 Å². The first-order valence-corrected chi connectivity index (χ1v) is 9.63. The number of piperidine rings is 1. The smallest absolute Gasteiger partial charge is 0.253 e. The Balaban J connectivity index is 1.76. The highest BCUT2D eigenvalue weighted by molar-refractivity contribution is 5.94. The summed E-state index contributed by atoms with van der Waals surface area (Å²) < 4.78 is 11.5. The first-order valence-electron chi connectivity index (χ1n) is 9.63. The maximum atomic E-state index is 12.9. The fourth-order valence-electron chi connectivity index (χ4n) is 3.60. The molecule has 27 heavy (non-hydrogen) atoms. The maximum Gasteiger partial charge on any atom is 0.253 e. The molecular formula is C23H29NO3. The molecule has 0 radical (unpaired) electrons. The van der Waals surface area contributed by atoms with Gasteiger partial charge in [0.15, 0.2) is 0 Å². The van der Waals surface area contributed by atoms with E-state index < -0.39 is 0 Å². The van der Waals surface area contributed by atoms with Crippen LogP contribution in [0.2, 0.25) is 0 Å². The zero-order valence-corrected chi connectivity index (χ0v) is 16.7. The lowest BCUT2D eigenvalue weighted by Crippen LogP contribution is -2.37. The second kappa shape index (κ2) is 8.47. The van der Waals surface area contributed by atoms with Crippen LogP contribution in [-0.4, -0.2) is 31.0 Å². The number of hydrogen-bond donors (Lipinski definition) is 0. The average molecular weight is 367 g/mol. The molecule has 0 aliphatic carbocycles. The number of amides is 1. The van der Waals surface area contributed by atoms with Crippen LogP contribution >= 0.6 is 0 Å². The van der Waals surface area contributed by atoms with Crippen molar-refractivity contribution in [2.45, 2.75) is 40.2 Å². The molecule has 2 aromatic carbocycles. The van der Waals surface area contributed by atoms with Gasteiger partial charge in [-0.15, -0.1) is 0 Å². The van der Waals surface area contributed by atoms with E-state index in [1.807, 2.05) is 35.2 Å². The SMILES string of the molecule is COc1ccc(C(=O)N2CCC(C)CC2)cc1COc1cc(C)cc(C)c1. The Morgan fingerprint density at radius 1 is 1.07 bits per heavy atom. The van der Waals surface area contributed by atoms with Crippen LogP contribution in [0.15, 0.2) is 36.4 Å². The van der Waals surface area contributed by atoms with E-state index in [4.69, 9.17) is 9.47 Å². The molecule has 1 aliphatic heterocycles. The van der Waals surface area contributed by atoms with E-state index in [0.717, 1.165) is 43.0 Å². The van der Waals surface area contributed by atoms with Gasteiger partial charge in [0.25, 0.3) is 5.91 Å². The van der Waals surface area contributed by atoms with Crippen molar-refractivity contribution in [1.29, 1.82) is 0 Å². The zero-order chi connectivity index (χ0) is 19.4. The van der Waals surface area contributed by atoms with Crippen LogP contribution in [0.1, 0.15) is 46.8 Å². The molecule has 1 heterocycles. The molecule has 0 unspecified atom stereocenters. The minimum atomic E-state index is 0.0946. The van der Waals surface area contributed by atoms with Gasteiger partial charge in [-0.05, 0) is 74.1 Å². The third-order valence-corrected chi connectivity index (χ3v) is 5.19. The van der Waals surface area contributed by atoms with E-state index in [-0.39, 0.29) is 5.91 Å². The maximum absolute atomic E-state index is 12.9. The van der Waals surface area contributed by atoms with Crippen molar-refractivity contribution in [3.05, 3.63) is 58.7 Å². The molecule has 0 bridgehead atoms. The second-order valence-corrected chi connectivity index (χ2v) is 7.61. The van der Waals surface area contributed by atoms with E-state index in [1.54, 1.807) is 7.11 Å². The van der Waals surface area contributed by atoms with Crippen LogP contribution in [0, 0.1) is 19.8 Å². The van der Waals surface area contributed by atoms with Crippen LogP contribution in [0.25, 0.3) is 0 Å². The number of carbonyl (C=O) groups excluding carboxylic acids is 1. The fourth-order valence-corrected chi connectivity index (χ4v) is 3.60. The van der Waals surface area contributed by atoms with Gasteiger partial charge in [0.1, 0.15) is 18.1 Å². The number of benzene rings is 2. The van der Waals surface area contributed by atoms with Crippen LogP contribution in [-0.2, 0) is 6.61 Å².